The molecule has 3 heteroatoms. The number of carbonyl (C=O) groups is 1. The van der Waals surface area contributed by atoms with Gasteiger partial charge in [0.25, 0.3) is 5.91 Å². The van der Waals surface area contributed by atoms with Gasteiger partial charge >= 0.3 is 0 Å². The van der Waals surface area contributed by atoms with Gasteiger partial charge in [-0.3, -0.25) is 4.79 Å². The molecule has 1 amide bonds. The van der Waals surface area contributed by atoms with Crippen LogP contribution in [-0.2, 0) is 0 Å². The molecule has 1 saturated heterocycles. The fraction of sp³-hybridized carbons (Fsp3) is 0.583. The summed E-state index contributed by atoms with van der Waals surface area (Å²) in [5, 5.41) is 0. The zero-order valence-electron chi connectivity index (χ0n) is 8.95. The second-order valence-corrected chi connectivity index (χ2v) is 4.07. The first-order valence-corrected chi connectivity index (χ1v) is 5.69. The highest BCUT2D eigenvalue weighted by molar-refractivity contribution is 5.93. The van der Waals surface area contributed by atoms with Gasteiger partial charge in [-0.25, -0.2) is 0 Å². The summed E-state index contributed by atoms with van der Waals surface area (Å²) in [4.78, 5) is 13.9. The lowest BCUT2D eigenvalue weighted by Crippen LogP contribution is -2.33. The average molecular weight is 207 g/mol. The van der Waals surface area contributed by atoms with Crippen molar-refractivity contribution in [2.24, 2.45) is 0 Å². The summed E-state index contributed by atoms with van der Waals surface area (Å²) in [5.41, 5.74) is 0.676. The van der Waals surface area contributed by atoms with Crippen molar-refractivity contribution < 1.29 is 9.21 Å². The molecule has 2 rings (SSSR count). The monoisotopic (exact) mass is 207 g/mol. The Morgan fingerprint density at radius 1 is 1.13 bits per heavy atom. The Labute approximate surface area is 90.1 Å². The molecule has 0 saturated carbocycles. The molecule has 2 heterocycles. The van der Waals surface area contributed by atoms with Crippen molar-refractivity contribution in [1.82, 2.24) is 4.90 Å². The maximum Gasteiger partial charge on any atom is 0.257 e. The van der Waals surface area contributed by atoms with Gasteiger partial charge in [-0.2, -0.15) is 0 Å². The van der Waals surface area contributed by atoms with Crippen LogP contribution in [0.4, 0.5) is 0 Å². The largest absolute Gasteiger partial charge is 0.472 e. The number of amides is 1. The van der Waals surface area contributed by atoms with Crippen LogP contribution in [0.3, 0.4) is 0 Å². The molecular formula is C12H17NO2. The molecular weight excluding hydrogens is 190 g/mol. The van der Waals surface area contributed by atoms with E-state index in [9.17, 15) is 4.79 Å². The highest BCUT2D eigenvalue weighted by Crippen LogP contribution is 2.13. The van der Waals surface area contributed by atoms with Crippen LogP contribution in [0.5, 0.6) is 0 Å². The molecule has 0 spiro atoms. The molecule has 0 unspecified atom stereocenters. The minimum atomic E-state index is 0.116. The number of furan rings is 1. The van der Waals surface area contributed by atoms with Crippen LogP contribution in [0.1, 0.15) is 42.5 Å². The molecule has 82 valence electrons. The third-order valence-corrected chi connectivity index (χ3v) is 2.91. The zero-order chi connectivity index (χ0) is 10.5. The average Bonchev–Trinajstić information content (AvgIpc) is 2.68. The van der Waals surface area contributed by atoms with Crippen LogP contribution in [0.2, 0.25) is 0 Å². The van der Waals surface area contributed by atoms with Gasteiger partial charge in [0.1, 0.15) is 6.26 Å². The third-order valence-electron chi connectivity index (χ3n) is 2.91. The maximum atomic E-state index is 12.0. The van der Waals surface area contributed by atoms with E-state index in [0.717, 1.165) is 25.9 Å². The normalized spacial score (nSPS) is 18.3. The Balaban J connectivity index is 1.98. The Morgan fingerprint density at radius 3 is 2.40 bits per heavy atom. The lowest BCUT2D eigenvalue weighted by Gasteiger charge is -2.24. The summed E-state index contributed by atoms with van der Waals surface area (Å²) in [7, 11) is 0. The van der Waals surface area contributed by atoms with Gasteiger partial charge in [0, 0.05) is 13.1 Å². The molecule has 0 N–H and O–H groups in total. The number of carbonyl (C=O) groups excluding carboxylic acids is 1. The molecule has 0 radical (unpaired) electrons. The maximum absolute atomic E-state index is 12.0. The predicted octanol–water partition coefficient (Wildman–Crippen LogP) is 2.69. The van der Waals surface area contributed by atoms with Gasteiger partial charge in [0.05, 0.1) is 11.8 Å². The molecule has 0 aromatic carbocycles. The quantitative estimate of drug-likeness (QED) is 0.709. The Kier molecular flexibility index (Phi) is 3.43. The summed E-state index contributed by atoms with van der Waals surface area (Å²) in [6, 6.07) is 1.74. The van der Waals surface area contributed by atoms with Crippen molar-refractivity contribution >= 4 is 5.91 Å². The molecule has 15 heavy (non-hydrogen) atoms. The van der Waals surface area contributed by atoms with E-state index in [1.54, 1.807) is 12.3 Å². The van der Waals surface area contributed by atoms with Crippen LogP contribution in [-0.4, -0.2) is 23.9 Å². The Morgan fingerprint density at radius 2 is 1.80 bits per heavy atom. The van der Waals surface area contributed by atoms with E-state index in [1.807, 2.05) is 4.90 Å². The summed E-state index contributed by atoms with van der Waals surface area (Å²) in [6.07, 6.45) is 9.14. The number of nitrogens with zero attached hydrogens (tertiary/aromatic N) is 1. The molecule has 0 atom stereocenters. The smallest absolute Gasteiger partial charge is 0.257 e. The van der Waals surface area contributed by atoms with E-state index in [4.69, 9.17) is 4.42 Å². The van der Waals surface area contributed by atoms with Crippen molar-refractivity contribution in [3.05, 3.63) is 24.2 Å². The van der Waals surface area contributed by atoms with E-state index in [1.165, 1.54) is 25.5 Å². The molecule has 1 aliphatic rings. The van der Waals surface area contributed by atoms with E-state index >= 15 is 0 Å². The topological polar surface area (TPSA) is 33.5 Å². The van der Waals surface area contributed by atoms with Gasteiger partial charge in [-0.15, -0.1) is 0 Å². The fourth-order valence-corrected chi connectivity index (χ4v) is 2.02. The molecule has 1 aromatic heterocycles. The summed E-state index contributed by atoms with van der Waals surface area (Å²) < 4.78 is 4.93. The van der Waals surface area contributed by atoms with Crippen LogP contribution >= 0.6 is 0 Å². The lowest BCUT2D eigenvalue weighted by atomic mass is 10.1. The van der Waals surface area contributed by atoms with Crippen molar-refractivity contribution in [3.8, 4) is 0 Å². The molecule has 3 nitrogen and oxygen atoms in total. The second kappa shape index (κ2) is 5.01. The van der Waals surface area contributed by atoms with Crippen molar-refractivity contribution in [2.45, 2.75) is 32.1 Å². The van der Waals surface area contributed by atoms with Crippen molar-refractivity contribution in [1.29, 1.82) is 0 Å². The summed E-state index contributed by atoms with van der Waals surface area (Å²) in [6.45, 7) is 1.79. The predicted molar refractivity (Wildman–Crippen MR) is 57.7 cm³/mol. The second-order valence-electron chi connectivity index (χ2n) is 4.07. The first-order chi connectivity index (χ1) is 7.38. The number of rotatable bonds is 1. The van der Waals surface area contributed by atoms with Gasteiger partial charge in [-0.1, -0.05) is 19.3 Å². The number of hydrogen-bond acceptors (Lipinski definition) is 2. The molecule has 0 aliphatic carbocycles. The van der Waals surface area contributed by atoms with Gasteiger partial charge in [-0.05, 0) is 18.9 Å². The van der Waals surface area contributed by atoms with E-state index < -0.39 is 0 Å². The Hall–Kier alpha value is -1.25. The standard InChI is InChI=1S/C12H17NO2/c14-12(11-6-9-15-10-11)13-7-4-2-1-3-5-8-13/h6,9-10H,1-5,7-8H2. The number of hydrogen-bond donors (Lipinski definition) is 0. The first kappa shape index (κ1) is 10.3. The molecule has 1 aliphatic heterocycles. The van der Waals surface area contributed by atoms with E-state index in [-0.39, 0.29) is 5.91 Å². The van der Waals surface area contributed by atoms with Crippen LogP contribution in [0, 0.1) is 0 Å². The molecule has 0 bridgehead atoms. The summed E-state index contributed by atoms with van der Waals surface area (Å²) in [5.74, 6) is 0.116. The minimum absolute atomic E-state index is 0.116. The van der Waals surface area contributed by atoms with Crippen LogP contribution < -0.4 is 0 Å². The van der Waals surface area contributed by atoms with E-state index in [0.29, 0.717) is 5.56 Å². The molecule has 1 fully saturated rings. The van der Waals surface area contributed by atoms with Crippen molar-refractivity contribution in [3.63, 3.8) is 0 Å². The first-order valence-electron chi connectivity index (χ1n) is 5.69. The van der Waals surface area contributed by atoms with Gasteiger partial charge < -0.3 is 9.32 Å². The van der Waals surface area contributed by atoms with E-state index in [2.05, 4.69) is 0 Å². The van der Waals surface area contributed by atoms with Crippen molar-refractivity contribution in [2.75, 3.05) is 13.1 Å². The fourth-order valence-electron chi connectivity index (χ4n) is 2.02. The highest BCUT2D eigenvalue weighted by atomic mass is 16.3. The lowest BCUT2D eigenvalue weighted by molar-refractivity contribution is 0.0741. The summed E-state index contributed by atoms with van der Waals surface area (Å²) >= 11 is 0. The van der Waals surface area contributed by atoms with Gasteiger partial charge in [0.2, 0.25) is 0 Å². The molecule has 1 aromatic rings. The zero-order valence-corrected chi connectivity index (χ0v) is 8.95. The third kappa shape index (κ3) is 2.61. The van der Waals surface area contributed by atoms with Crippen LogP contribution in [0.15, 0.2) is 23.0 Å². The van der Waals surface area contributed by atoms with Gasteiger partial charge in [0.15, 0.2) is 0 Å². The SMILES string of the molecule is O=C(c1ccoc1)N1CCCCCCC1. The minimum Gasteiger partial charge on any atom is -0.472 e. The Bertz CT molecular complexity index is 297. The number of likely N-dealkylation sites (tertiary alicyclic amines) is 1. The van der Waals surface area contributed by atoms with Crippen LogP contribution in [0.25, 0.3) is 0 Å². The highest BCUT2D eigenvalue weighted by Gasteiger charge is 2.16.